The largest absolute Gasteiger partial charge is 0.465 e. The lowest BCUT2D eigenvalue weighted by molar-refractivity contribution is 0.00919. The summed E-state index contributed by atoms with van der Waals surface area (Å²) in [4.78, 5) is 18.9. The molecule has 1 saturated heterocycles. The van der Waals surface area contributed by atoms with Crippen molar-refractivity contribution in [1.29, 1.82) is 0 Å². The van der Waals surface area contributed by atoms with Gasteiger partial charge in [-0.05, 0) is 26.2 Å². The second-order valence-electron chi connectivity index (χ2n) is 4.27. The lowest BCUT2D eigenvalue weighted by atomic mass is 10.1. The Bertz CT molecular complexity index is 507. The maximum absolute atomic E-state index is 11.6. The van der Waals surface area contributed by atoms with E-state index in [1.807, 2.05) is 0 Å². The van der Waals surface area contributed by atoms with Crippen molar-refractivity contribution in [3.05, 3.63) is 21.7 Å². The van der Waals surface area contributed by atoms with Crippen LogP contribution in [0.3, 0.4) is 0 Å². The number of ether oxygens (including phenoxy) is 2. The number of aromatic nitrogens is 2. The van der Waals surface area contributed by atoms with E-state index in [4.69, 9.17) is 17.0 Å². The summed E-state index contributed by atoms with van der Waals surface area (Å²) < 4.78 is 10.6. The van der Waals surface area contributed by atoms with Crippen LogP contribution in [-0.4, -0.2) is 29.7 Å². The lowest BCUT2D eigenvalue weighted by Gasteiger charge is -2.22. The highest BCUT2D eigenvalue weighted by Gasteiger charge is 2.21. The molecule has 5 nitrogen and oxygen atoms in total. The van der Waals surface area contributed by atoms with E-state index in [-0.39, 0.29) is 10.7 Å². The topological polar surface area (TPSA) is 64.2 Å². The summed E-state index contributed by atoms with van der Waals surface area (Å²) in [6, 6.07) is 0. The number of esters is 1. The van der Waals surface area contributed by atoms with Crippen molar-refractivity contribution in [2.75, 3.05) is 13.7 Å². The van der Waals surface area contributed by atoms with Gasteiger partial charge in [0.25, 0.3) is 0 Å². The van der Waals surface area contributed by atoms with Crippen LogP contribution >= 0.6 is 12.2 Å². The number of nitrogens with one attached hydrogen (secondary N) is 1. The second kappa shape index (κ2) is 5.58. The minimum absolute atomic E-state index is 0.0501. The van der Waals surface area contributed by atoms with Gasteiger partial charge in [0, 0.05) is 12.3 Å². The number of rotatable bonds is 2. The Morgan fingerprint density at radius 2 is 2.33 bits per heavy atom. The first-order chi connectivity index (χ1) is 8.63. The zero-order valence-corrected chi connectivity index (χ0v) is 11.3. The molecule has 2 heterocycles. The third-order valence-corrected chi connectivity index (χ3v) is 3.30. The van der Waals surface area contributed by atoms with E-state index < -0.39 is 5.97 Å². The summed E-state index contributed by atoms with van der Waals surface area (Å²) in [5.74, 6) is 0.238. The van der Waals surface area contributed by atoms with Crippen LogP contribution in [0.15, 0.2) is 0 Å². The van der Waals surface area contributed by atoms with E-state index in [1.54, 1.807) is 6.92 Å². The number of aromatic amines is 1. The Balaban J connectivity index is 2.35. The van der Waals surface area contributed by atoms with Crippen molar-refractivity contribution in [3.8, 4) is 0 Å². The fourth-order valence-corrected chi connectivity index (χ4v) is 2.39. The SMILES string of the molecule is COC(=O)c1c(C)[nH]c(C2CCCCO2)nc1=S. The number of methoxy groups -OCH3 is 1. The van der Waals surface area contributed by atoms with Gasteiger partial charge in [0.1, 0.15) is 22.1 Å². The molecule has 1 aromatic heterocycles. The Labute approximate surface area is 111 Å². The molecule has 1 unspecified atom stereocenters. The summed E-state index contributed by atoms with van der Waals surface area (Å²) in [7, 11) is 1.33. The Hall–Kier alpha value is -1.27. The maximum Gasteiger partial charge on any atom is 0.342 e. The highest BCUT2D eigenvalue weighted by molar-refractivity contribution is 7.71. The number of hydrogen-bond donors (Lipinski definition) is 1. The zero-order chi connectivity index (χ0) is 13.1. The highest BCUT2D eigenvalue weighted by Crippen LogP contribution is 2.26. The Morgan fingerprint density at radius 3 is 2.89 bits per heavy atom. The standard InChI is InChI=1S/C12H16N2O3S/c1-7-9(12(15)16-2)11(18)14-10(13-7)8-5-3-4-6-17-8/h8H,3-6H2,1-2H3,(H,13,14,18). The van der Waals surface area contributed by atoms with Crippen molar-refractivity contribution in [1.82, 2.24) is 9.97 Å². The van der Waals surface area contributed by atoms with Gasteiger partial charge < -0.3 is 14.5 Å². The molecule has 2 rings (SSSR count). The van der Waals surface area contributed by atoms with E-state index in [9.17, 15) is 4.79 Å². The smallest absolute Gasteiger partial charge is 0.342 e. The molecule has 0 bridgehead atoms. The summed E-state index contributed by atoms with van der Waals surface area (Å²) in [5.41, 5.74) is 0.998. The van der Waals surface area contributed by atoms with E-state index in [0.29, 0.717) is 17.1 Å². The van der Waals surface area contributed by atoms with Gasteiger partial charge in [-0.3, -0.25) is 0 Å². The molecule has 18 heavy (non-hydrogen) atoms. The lowest BCUT2D eigenvalue weighted by Crippen LogP contribution is -2.17. The van der Waals surface area contributed by atoms with Crippen LogP contribution in [0.2, 0.25) is 0 Å². The van der Waals surface area contributed by atoms with Gasteiger partial charge in [-0.15, -0.1) is 0 Å². The molecular formula is C12H16N2O3S. The van der Waals surface area contributed by atoms with Crippen LogP contribution in [0.4, 0.5) is 0 Å². The van der Waals surface area contributed by atoms with Crippen molar-refractivity contribution < 1.29 is 14.3 Å². The molecule has 1 aliphatic heterocycles. The van der Waals surface area contributed by atoms with Gasteiger partial charge in [-0.25, -0.2) is 9.78 Å². The van der Waals surface area contributed by atoms with Gasteiger partial charge in [-0.1, -0.05) is 12.2 Å². The summed E-state index contributed by atoms with van der Waals surface area (Å²) >= 11 is 5.15. The second-order valence-corrected chi connectivity index (χ2v) is 4.66. The first-order valence-corrected chi connectivity index (χ1v) is 6.35. The number of carbonyl (C=O) groups is 1. The fourth-order valence-electron chi connectivity index (χ4n) is 2.06. The summed E-state index contributed by atoms with van der Waals surface area (Å²) in [6.45, 7) is 2.53. The van der Waals surface area contributed by atoms with Crippen molar-refractivity contribution in [2.24, 2.45) is 0 Å². The molecule has 0 aromatic carbocycles. The van der Waals surface area contributed by atoms with Gasteiger partial charge in [-0.2, -0.15) is 0 Å². The molecule has 1 atom stereocenters. The molecule has 0 aliphatic carbocycles. The van der Waals surface area contributed by atoms with Gasteiger partial charge in [0.15, 0.2) is 0 Å². The fraction of sp³-hybridized carbons (Fsp3) is 0.583. The van der Waals surface area contributed by atoms with Crippen LogP contribution in [0.5, 0.6) is 0 Å². The molecule has 1 N–H and O–H groups in total. The molecule has 0 spiro atoms. The minimum Gasteiger partial charge on any atom is -0.465 e. The Morgan fingerprint density at radius 1 is 1.56 bits per heavy atom. The summed E-state index contributed by atoms with van der Waals surface area (Å²) in [6.07, 6.45) is 3.07. The normalized spacial score (nSPS) is 19.6. The molecule has 6 heteroatoms. The number of nitrogens with zero attached hydrogens (tertiary/aromatic N) is 1. The number of carbonyl (C=O) groups excluding carboxylic acids is 1. The monoisotopic (exact) mass is 268 g/mol. The Kier molecular flexibility index (Phi) is 4.08. The molecule has 0 amide bonds. The first kappa shape index (κ1) is 13.2. The molecule has 0 saturated carbocycles. The zero-order valence-electron chi connectivity index (χ0n) is 10.5. The van der Waals surface area contributed by atoms with E-state index >= 15 is 0 Å². The molecule has 98 valence electrons. The van der Waals surface area contributed by atoms with Gasteiger partial charge in [0.05, 0.1) is 7.11 Å². The maximum atomic E-state index is 11.6. The predicted octanol–water partition coefficient (Wildman–Crippen LogP) is 2.48. The molecule has 1 fully saturated rings. The number of H-pyrrole nitrogens is 1. The van der Waals surface area contributed by atoms with Crippen LogP contribution in [0.25, 0.3) is 0 Å². The van der Waals surface area contributed by atoms with Gasteiger partial charge >= 0.3 is 5.97 Å². The number of aryl methyl sites for hydroxylation is 1. The van der Waals surface area contributed by atoms with E-state index in [0.717, 1.165) is 25.9 Å². The molecular weight excluding hydrogens is 252 g/mol. The van der Waals surface area contributed by atoms with Crippen molar-refractivity contribution in [3.63, 3.8) is 0 Å². The van der Waals surface area contributed by atoms with Crippen molar-refractivity contribution in [2.45, 2.75) is 32.3 Å². The third-order valence-electron chi connectivity index (χ3n) is 3.00. The third kappa shape index (κ3) is 2.59. The van der Waals surface area contributed by atoms with Crippen molar-refractivity contribution >= 4 is 18.2 Å². The molecule has 1 aliphatic rings. The van der Waals surface area contributed by atoms with Crippen LogP contribution in [0.1, 0.15) is 47.2 Å². The van der Waals surface area contributed by atoms with Crippen LogP contribution < -0.4 is 0 Å². The number of hydrogen-bond acceptors (Lipinski definition) is 5. The quantitative estimate of drug-likeness (QED) is 0.659. The predicted molar refractivity (Wildman–Crippen MR) is 68.0 cm³/mol. The average Bonchev–Trinajstić information content (AvgIpc) is 2.38. The van der Waals surface area contributed by atoms with E-state index in [1.165, 1.54) is 7.11 Å². The summed E-state index contributed by atoms with van der Waals surface area (Å²) in [5, 5.41) is 0. The van der Waals surface area contributed by atoms with E-state index in [2.05, 4.69) is 14.7 Å². The first-order valence-electron chi connectivity index (χ1n) is 5.94. The molecule has 1 aromatic rings. The van der Waals surface area contributed by atoms with Crippen LogP contribution in [-0.2, 0) is 9.47 Å². The highest BCUT2D eigenvalue weighted by atomic mass is 32.1. The van der Waals surface area contributed by atoms with Crippen LogP contribution in [0, 0.1) is 11.6 Å². The average molecular weight is 268 g/mol. The molecule has 0 radical (unpaired) electrons. The minimum atomic E-state index is -0.461. The van der Waals surface area contributed by atoms with Gasteiger partial charge in [0.2, 0.25) is 0 Å².